The predicted molar refractivity (Wildman–Crippen MR) is 135 cm³/mol. The maximum absolute atomic E-state index is 13.2. The lowest BCUT2D eigenvalue weighted by Crippen LogP contribution is -2.43. The maximum atomic E-state index is 13.2. The van der Waals surface area contributed by atoms with Gasteiger partial charge in [-0.2, -0.15) is 4.31 Å². The summed E-state index contributed by atoms with van der Waals surface area (Å²) in [7, 11) is -3.77. The van der Waals surface area contributed by atoms with Crippen LogP contribution < -0.4 is 10.1 Å². The number of sulfonamides is 1. The SMILES string of the molecule is CCOc1cccc2cc(-c3csc(NC(=O)C4CCCN4S(=O)(=O)c4ccc(C)cc4)n3)oc12. The molecule has 2 aromatic heterocycles. The number of nitrogens with one attached hydrogen (secondary N) is 1. The van der Waals surface area contributed by atoms with Crippen LogP contribution in [0, 0.1) is 6.92 Å². The number of anilines is 1. The van der Waals surface area contributed by atoms with Crippen molar-refractivity contribution in [2.24, 2.45) is 0 Å². The Bertz CT molecular complexity index is 1470. The molecule has 1 aliphatic rings. The Morgan fingerprint density at radius 3 is 2.83 bits per heavy atom. The Kier molecular flexibility index (Phi) is 6.35. The minimum Gasteiger partial charge on any atom is -0.490 e. The van der Waals surface area contributed by atoms with Gasteiger partial charge in [-0.15, -0.1) is 11.3 Å². The van der Waals surface area contributed by atoms with Gasteiger partial charge in [-0.05, 0) is 51.0 Å². The zero-order chi connectivity index (χ0) is 24.6. The van der Waals surface area contributed by atoms with E-state index in [9.17, 15) is 13.2 Å². The summed E-state index contributed by atoms with van der Waals surface area (Å²) in [4.78, 5) is 17.8. The number of fused-ring (bicyclic) bond motifs is 1. The molecular formula is C25H25N3O5S2. The van der Waals surface area contributed by atoms with E-state index in [2.05, 4.69) is 10.3 Å². The van der Waals surface area contributed by atoms with Crippen LogP contribution in [0.1, 0.15) is 25.3 Å². The second kappa shape index (κ2) is 9.44. The summed E-state index contributed by atoms with van der Waals surface area (Å²) < 4.78 is 39.3. The van der Waals surface area contributed by atoms with E-state index < -0.39 is 16.1 Å². The monoisotopic (exact) mass is 511 g/mol. The topological polar surface area (TPSA) is 102 Å². The fourth-order valence-electron chi connectivity index (χ4n) is 4.20. The zero-order valence-electron chi connectivity index (χ0n) is 19.4. The number of carbonyl (C=O) groups is 1. The normalized spacial score (nSPS) is 16.6. The van der Waals surface area contributed by atoms with Crippen molar-refractivity contribution in [3.63, 3.8) is 0 Å². The Morgan fingerprint density at radius 1 is 1.26 bits per heavy atom. The Hall–Kier alpha value is -3.21. The molecule has 1 atom stereocenters. The molecule has 35 heavy (non-hydrogen) atoms. The molecule has 0 bridgehead atoms. The number of para-hydroxylation sites is 1. The number of furan rings is 1. The summed E-state index contributed by atoms with van der Waals surface area (Å²) in [5, 5.41) is 5.87. The van der Waals surface area contributed by atoms with E-state index >= 15 is 0 Å². The summed E-state index contributed by atoms with van der Waals surface area (Å²) >= 11 is 1.26. The molecule has 0 saturated carbocycles. The van der Waals surface area contributed by atoms with Crippen LogP contribution in [0.3, 0.4) is 0 Å². The fraction of sp³-hybridized carbons (Fsp3) is 0.280. The highest BCUT2D eigenvalue weighted by Gasteiger charge is 2.39. The highest BCUT2D eigenvalue weighted by atomic mass is 32.2. The number of aromatic nitrogens is 1. The highest BCUT2D eigenvalue weighted by molar-refractivity contribution is 7.89. The van der Waals surface area contributed by atoms with Crippen molar-refractivity contribution >= 4 is 43.4 Å². The lowest BCUT2D eigenvalue weighted by Gasteiger charge is -2.23. The molecule has 1 saturated heterocycles. The Morgan fingerprint density at radius 2 is 2.06 bits per heavy atom. The molecule has 1 aliphatic heterocycles. The van der Waals surface area contributed by atoms with Crippen molar-refractivity contribution in [3.05, 3.63) is 59.5 Å². The molecule has 1 unspecified atom stereocenters. The third kappa shape index (κ3) is 4.56. The Labute approximate surface area is 207 Å². The lowest BCUT2D eigenvalue weighted by molar-refractivity contribution is -0.119. The summed E-state index contributed by atoms with van der Waals surface area (Å²) in [6.07, 6.45) is 1.08. The van der Waals surface area contributed by atoms with Gasteiger partial charge in [-0.1, -0.05) is 29.8 Å². The molecule has 0 aliphatic carbocycles. The molecule has 2 aromatic carbocycles. The van der Waals surface area contributed by atoms with Crippen molar-refractivity contribution in [3.8, 4) is 17.2 Å². The maximum Gasteiger partial charge on any atom is 0.244 e. The highest BCUT2D eigenvalue weighted by Crippen LogP contribution is 2.35. The van der Waals surface area contributed by atoms with Gasteiger partial charge in [0.1, 0.15) is 11.7 Å². The predicted octanol–water partition coefficient (Wildman–Crippen LogP) is 5.06. The molecular weight excluding hydrogens is 486 g/mol. The smallest absolute Gasteiger partial charge is 0.244 e. The van der Waals surface area contributed by atoms with Crippen LogP contribution in [0.4, 0.5) is 5.13 Å². The number of carbonyl (C=O) groups excluding carboxylic acids is 1. The van der Waals surface area contributed by atoms with Gasteiger partial charge < -0.3 is 14.5 Å². The number of nitrogens with zero attached hydrogens (tertiary/aromatic N) is 2. The summed E-state index contributed by atoms with van der Waals surface area (Å²) in [5.74, 6) is 0.840. The molecule has 3 heterocycles. The van der Waals surface area contributed by atoms with Gasteiger partial charge in [0.15, 0.2) is 22.2 Å². The molecule has 4 aromatic rings. The summed E-state index contributed by atoms with van der Waals surface area (Å²) in [5.41, 5.74) is 2.20. The number of amides is 1. The molecule has 5 rings (SSSR count). The molecule has 0 radical (unpaired) electrons. The van der Waals surface area contributed by atoms with Gasteiger partial charge in [0, 0.05) is 17.3 Å². The van der Waals surface area contributed by atoms with Crippen molar-refractivity contribution in [1.29, 1.82) is 0 Å². The fourth-order valence-corrected chi connectivity index (χ4v) is 6.56. The van der Waals surface area contributed by atoms with E-state index in [1.165, 1.54) is 15.6 Å². The van der Waals surface area contributed by atoms with E-state index in [1.807, 2.05) is 38.1 Å². The average molecular weight is 512 g/mol. The van der Waals surface area contributed by atoms with Crippen LogP contribution in [-0.4, -0.2) is 42.8 Å². The van der Waals surface area contributed by atoms with Crippen LogP contribution in [-0.2, 0) is 14.8 Å². The molecule has 1 N–H and O–H groups in total. The van der Waals surface area contributed by atoms with Gasteiger partial charge in [-0.3, -0.25) is 4.79 Å². The van der Waals surface area contributed by atoms with Gasteiger partial charge in [0.25, 0.3) is 0 Å². The number of ether oxygens (including phenoxy) is 1. The molecule has 8 nitrogen and oxygen atoms in total. The molecule has 1 amide bonds. The lowest BCUT2D eigenvalue weighted by atomic mass is 10.2. The number of thiazole rings is 1. The Balaban J connectivity index is 1.34. The number of hydrogen-bond acceptors (Lipinski definition) is 7. The van der Waals surface area contributed by atoms with Crippen molar-refractivity contribution in [2.45, 2.75) is 37.6 Å². The molecule has 0 spiro atoms. The van der Waals surface area contributed by atoms with E-state index in [4.69, 9.17) is 9.15 Å². The third-order valence-electron chi connectivity index (χ3n) is 5.93. The van der Waals surface area contributed by atoms with Crippen molar-refractivity contribution in [1.82, 2.24) is 9.29 Å². The van der Waals surface area contributed by atoms with Crippen molar-refractivity contribution in [2.75, 3.05) is 18.5 Å². The van der Waals surface area contributed by atoms with E-state index in [-0.39, 0.29) is 10.8 Å². The first kappa shape index (κ1) is 23.5. The quantitative estimate of drug-likeness (QED) is 0.372. The third-order valence-corrected chi connectivity index (χ3v) is 8.61. The van der Waals surface area contributed by atoms with Crippen LogP contribution in [0.15, 0.2) is 63.2 Å². The van der Waals surface area contributed by atoms with Crippen molar-refractivity contribution < 1.29 is 22.4 Å². The van der Waals surface area contributed by atoms with E-state index in [0.29, 0.717) is 53.9 Å². The van der Waals surface area contributed by atoms with E-state index in [1.54, 1.807) is 29.6 Å². The first-order valence-corrected chi connectivity index (χ1v) is 13.7. The van der Waals surface area contributed by atoms with Gasteiger partial charge in [-0.25, -0.2) is 13.4 Å². The van der Waals surface area contributed by atoms with E-state index in [0.717, 1.165) is 10.9 Å². The standard InChI is InChI=1S/C25H25N3O5S2/c1-3-32-21-8-4-6-17-14-22(33-23(17)21)19-15-34-25(26-19)27-24(29)20-7-5-13-28(20)35(30,31)18-11-9-16(2)10-12-18/h4,6,8-12,14-15,20H,3,5,7,13H2,1-2H3,(H,26,27,29). The molecule has 182 valence electrons. The number of benzene rings is 2. The molecule has 10 heteroatoms. The summed E-state index contributed by atoms with van der Waals surface area (Å²) in [6, 6.07) is 13.4. The van der Waals surface area contributed by atoms with Gasteiger partial charge in [0.05, 0.1) is 11.5 Å². The van der Waals surface area contributed by atoms with Gasteiger partial charge in [0.2, 0.25) is 15.9 Å². The number of hydrogen-bond donors (Lipinski definition) is 1. The van der Waals surface area contributed by atoms with Crippen LogP contribution >= 0.6 is 11.3 Å². The van der Waals surface area contributed by atoms with Crippen LogP contribution in [0.5, 0.6) is 5.75 Å². The minimum atomic E-state index is -3.77. The number of aryl methyl sites for hydroxylation is 1. The van der Waals surface area contributed by atoms with Crippen LogP contribution in [0.2, 0.25) is 0 Å². The minimum absolute atomic E-state index is 0.190. The second-order valence-electron chi connectivity index (χ2n) is 8.33. The zero-order valence-corrected chi connectivity index (χ0v) is 21.0. The van der Waals surface area contributed by atoms with Crippen LogP contribution in [0.25, 0.3) is 22.4 Å². The first-order valence-electron chi connectivity index (χ1n) is 11.4. The second-order valence-corrected chi connectivity index (χ2v) is 11.1. The molecule has 1 fully saturated rings. The van der Waals surface area contributed by atoms with Gasteiger partial charge >= 0.3 is 0 Å². The summed E-state index contributed by atoms with van der Waals surface area (Å²) in [6.45, 7) is 4.64. The average Bonchev–Trinajstić information content (AvgIpc) is 3.59. The number of rotatable bonds is 7. The first-order chi connectivity index (χ1) is 16.9. The largest absolute Gasteiger partial charge is 0.490 e.